The molecule has 1 amide bonds. The lowest BCUT2D eigenvalue weighted by Crippen LogP contribution is -2.42. The summed E-state index contributed by atoms with van der Waals surface area (Å²) in [7, 11) is 0. The molecule has 2 aromatic rings. The summed E-state index contributed by atoms with van der Waals surface area (Å²) >= 11 is 0. The van der Waals surface area contributed by atoms with E-state index in [-0.39, 0.29) is 23.6 Å². The van der Waals surface area contributed by atoms with Crippen molar-refractivity contribution < 1.29 is 14.4 Å². The summed E-state index contributed by atoms with van der Waals surface area (Å²) in [6.07, 6.45) is 1.40. The first-order valence-corrected chi connectivity index (χ1v) is 7.01. The van der Waals surface area contributed by atoms with Gasteiger partial charge in [0.2, 0.25) is 5.43 Å². The second-order valence-corrected chi connectivity index (χ2v) is 5.43. The highest BCUT2D eigenvalue weighted by Gasteiger charge is 2.28. The van der Waals surface area contributed by atoms with Crippen molar-refractivity contribution in [3.8, 4) is 5.75 Å². The molecule has 1 aromatic heterocycles. The van der Waals surface area contributed by atoms with Gasteiger partial charge in [-0.25, -0.2) is 5.90 Å². The number of nitrogens with two attached hydrogens (primary N) is 1. The Labute approximate surface area is 133 Å². The Bertz CT molecular complexity index is 726. The minimum atomic E-state index is -1.21. The first-order valence-electron chi connectivity index (χ1n) is 7.01. The number of rotatable bonds is 6. The fourth-order valence-corrected chi connectivity index (χ4v) is 1.70. The zero-order valence-corrected chi connectivity index (χ0v) is 13.0. The van der Waals surface area contributed by atoms with Crippen molar-refractivity contribution in [3.63, 3.8) is 0 Å². The highest BCUT2D eigenvalue weighted by Crippen LogP contribution is 2.12. The number of benzene rings is 1. The van der Waals surface area contributed by atoms with Crippen LogP contribution in [0.2, 0.25) is 0 Å². The fourth-order valence-electron chi connectivity index (χ4n) is 1.70. The number of aromatic nitrogens is 1. The van der Waals surface area contributed by atoms with E-state index in [1.54, 1.807) is 0 Å². The number of amides is 1. The Hall–Kier alpha value is -2.64. The third kappa shape index (κ3) is 4.41. The van der Waals surface area contributed by atoms with Gasteiger partial charge >= 0.3 is 0 Å². The molecule has 0 spiro atoms. The minimum Gasteiger partial charge on any atom is -0.483 e. The highest BCUT2D eigenvalue weighted by molar-refractivity contribution is 5.95. The topological polar surface area (TPSA) is 106 Å². The molecule has 0 aliphatic carbocycles. The van der Waals surface area contributed by atoms with Crippen molar-refractivity contribution in [2.45, 2.75) is 26.1 Å². The summed E-state index contributed by atoms with van der Waals surface area (Å²) in [6, 6.07) is 10.7. The monoisotopic (exact) mass is 317 g/mol. The largest absolute Gasteiger partial charge is 0.483 e. The molecule has 2 rings (SSSR count). The van der Waals surface area contributed by atoms with Gasteiger partial charge in [-0.3, -0.25) is 14.4 Å². The van der Waals surface area contributed by atoms with Gasteiger partial charge in [-0.1, -0.05) is 30.3 Å². The normalized spacial score (nSPS) is 11.1. The van der Waals surface area contributed by atoms with Crippen LogP contribution in [0.25, 0.3) is 0 Å². The molecular weight excluding hydrogens is 298 g/mol. The van der Waals surface area contributed by atoms with Crippen molar-refractivity contribution in [2.75, 3.05) is 5.32 Å². The molecule has 0 atom stereocenters. The Morgan fingerprint density at radius 3 is 2.61 bits per heavy atom. The molecule has 1 heterocycles. The van der Waals surface area contributed by atoms with Crippen LogP contribution >= 0.6 is 0 Å². The van der Waals surface area contributed by atoms with E-state index in [4.69, 9.17) is 10.6 Å². The standard InChI is InChI=1S/C16H19N3O4/c1-16(2,23-17)15(21)19-14-8-12(20)13(9-18-14)22-10-11-6-4-3-5-7-11/h3-9H,10,17H2,1-2H3,(H2,18,19,20,21). The summed E-state index contributed by atoms with van der Waals surface area (Å²) in [6.45, 7) is 3.30. The van der Waals surface area contributed by atoms with E-state index in [1.165, 1.54) is 26.1 Å². The van der Waals surface area contributed by atoms with Crippen LogP contribution in [0.4, 0.5) is 5.82 Å². The van der Waals surface area contributed by atoms with E-state index < -0.39 is 11.5 Å². The Morgan fingerprint density at radius 1 is 1.30 bits per heavy atom. The quantitative estimate of drug-likeness (QED) is 0.701. The number of carbonyl (C=O) groups is 1. The molecule has 7 nitrogen and oxygen atoms in total. The third-order valence-electron chi connectivity index (χ3n) is 3.20. The zero-order valence-electron chi connectivity index (χ0n) is 13.0. The summed E-state index contributed by atoms with van der Waals surface area (Å²) < 4.78 is 5.47. The van der Waals surface area contributed by atoms with E-state index in [0.717, 1.165) is 5.56 Å². The number of carbonyl (C=O) groups excluding carboxylic acids is 1. The van der Waals surface area contributed by atoms with Crippen LogP contribution in [-0.2, 0) is 16.2 Å². The van der Waals surface area contributed by atoms with E-state index in [0.29, 0.717) is 0 Å². The molecule has 4 N–H and O–H groups in total. The predicted molar refractivity (Wildman–Crippen MR) is 85.8 cm³/mol. The lowest BCUT2D eigenvalue weighted by molar-refractivity contribution is -0.137. The predicted octanol–water partition coefficient (Wildman–Crippen LogP) is 1.56. The van der Waals surface area contributed by atoms with Gasteiger partial charge < -0.3 is 15.0 Å². The average Bonchev–Trinajstić information content (AvgIpc) is 2.55. The van der Waals surface area contributed by atoms with E-state index in [2.05, 4.69) is 15.1 Å². The van der Waals surface area contributed by atoms with Crippen molar-refractivity contribution in [2.24, 2.45) is 5.90 Å². The molecular formula is C16H19N3O4. The van der Waals surface area contributed by atoms with Gasteiger partial charge in [-0.15, -0.1) is 0 Å². The maximum Gasteiger partial charge on any atom is 0.259 e. The second-order valence-electron chi connectivity index (χ2n) is 5.43. The number of pyridine rings is 1. The average molecular weight is 317 g/mol. The number of hydrogen-bond donors (Lipinski definition) is 3. The van der Waals surface area contributed by atoms with Gasteiger partial charge in [0.1, 0.15) is 12.4 Å². The summed E-state index contributed by atoms with van der Waals surface area (Å²) in [4.78, 5) is 31.3. The van der Waals surface area contributed by atoms with E-state index in [1.807, 2.05) is 30.3 Å². The first-order chi connectivity index (χ1) is 10.9. The molecule has 7 heteroatoms. The SMILES string of the molecule is CC(C)(ON)C(=O)Nc1cc(=O)c(OCc2ccccc2)c[nH]1. The van der Waals surface area contributed by atoms with Crippen LogP contribution in [0.15, 0.2) is 47.4 Å². The molecule has 0 saturated carbocycles. The van der Waals surface area contributed by atoms with Crippen molar-refractivity contribution in [1.82, 2.24) is 4.98 Å². The van der Waals surface area contributed by atoms with Crippen molar-refractivity contribution in [1.29, 1.82) is 0 Å². The summed E-state index contributed by atoms with van der Waals surface area (Å²) in [5.74, 6) is 4.98. The molecule has 0 aliphatic rings. The number of ether oxygens (including phenoxy) is 1. The Morgan fingerprint density at radius 2 is 2.00 bits per heavy atom. The Kier molecular flexibility index (Phi) is 5.15. The molecule has 122 valence electrons. The summed E-state index contributed by atoms with van der Waals surface area (Å²) in [5.41, 5.74) is -0.605. The molecule has 0 bridgehead atoms. The molecule has 1 aromatic carbocycles. The minimum absolute atomic E-state index is 0.168. The van der Waals surface area contributed by atoms with Crippen molar-refractivity contribution in [3.05, 3.63) is 58.4 Å². The number of aromatic amines is 1. The van der Waals surface area contributed by atoms with Gasteiger partial charge in [0.25, 0.3) is 5.91 Å². The van der Waals surface area contributed by atoms with Crippen LogP contribution in [0.3, 0.4) is 0 Å². The molecule has 0 unspecified atom stereocenters. The number of H-pyrrole nitrogens is 1. The molecule has 0 saturated heterocycles. The lowest BCUT2D eigenvalue weighted by Gasteiger charge is -2.20. The van der Waals surface area contributed by atoms with Gasteiger partial charge in [0.05, 0.1) is 0 Å². The zero-order chi connectivity index (χ0) is 16.9. The second kappa shape index (κ2) is 7.08. The maximum atomic E-state index is 12.0. The molecule has 0 aliphatic heterocycles. The van der Waals surface area contributed by atoms with Gasteiger partial charge in [0.15, 0.2) is 11.4 Å². The molecule has 0 radical (unpaired) electrons. The van der Waals surface area contributed by atoms with Gasteiger partial charge in [-0.2, -0.15) is 0 Å². The smallest absolute Gasteiger partial charge is 0.259 e. The Balaban J connectivity index is 2.03. The molecule has 0 fully saturated rings. The van der Waals surface area contributed by atoms with Crippen LogP contribution in [0, 0.1) is 0 Å². The first kappa shape index (κ1) is 16.7. The third-order valence-corrected chi connectivity index (χ3v) is 3.20. The number of hydrogen-bond acceptors (Lipinski definition) is 5. The summed E-state index contributed by atoms with van der Waals surface area (Å²) in [5, 5.41) is 2.52. The van der Waals surface area contributed by atoms with Crippen LogP contribution in [0.1, 0.15) is 19.4 Å². The fraction of sp³-hybridized carbons (Fsp3) is 0.250. The van der Waals surface area contributed by atoms with Crippen LogP contribution in [0.5, 0.6) is 5.75 Å². The van der Waals surface area contributed by atoms with E-state index >= 15 is 0 Å². The van der Waals surface area contributed by atoms with Crippen LogP contribution < -0.4 is 21.4 Å². The van der Waals surface area contributed by atoms with Gasteiger partial charge in [-0.05, 0) is 19.4 Å². The van der Waals surface area contributed by atoms with Crippen molar-refractivity contribution >= 4 is 11.7 Å². The van der Waals surface area contributed by atoms with Gasteiger partial charge in [0, 0.05) is 12.3 Å². The lowest BCUT2D eigenvalue weighted by atomic mass is 10.1. The van der Waals surface area contributed by atoms with Crippen LogP contribution in [-0.4, -0.2) is 16.5 Å². The molecule has 23 heavy (non-hydrogen) atoms. The maximum absolute atomic E-state index is 12.0. The highest BCUT2D eigenvalue weighted by atomic mass is 16.6. The number of anilines is 1. The van der Waals surface area contributed by atoms with E-state index in [9.17, 15) is 9.59 Å². The number of nitrogens with one attached hydrogen (secondary N) is 2.